The Balaban J connectivity index is 1.14. The van der Waals surface area contributed by atoms with E-state index in [9.17, 15) is 33.0 Å². The summed E-state index contributed by atoms with van der Waals surface area (Å²) >= 11 is 1.50. The molecule has 7 rings (SSSR count). The summed E-state index contributed by atoms with van der Waals surface area (Å²) in [4.78, 5) is 41.9. The van der Waals surface area contributed by atoms with E-state index < -0.39 is 17.8 Å². The van der Waals surface area contributed by atoms with E-state index in [0.29, 0.717) is 68.5 Å². The summed E-state index contributed by atoms with van der Waals surface area (Å²) in [7, 11) is 0. The highest BCUT2D eigenvalue weighted by Gasteiger charge is 2.32. The molecular formula is C37H35F3N6O5S. The number of urea groups is 1. The predicted molar refractivity (Wildman–Crippen MR) is 192 cm³/mol. The minimum atomic E-state index is -4.47. The van der Waals surface area contributed by atoms with Crippen molar-refractivity contribution in [2.45, 2.75) is 38.9 Å². The highest BCUT2D eigenvalue weighted by Crippen LogP contribution is 2.41. The van der Waals surface area contributed by atoms with E-state index in [1.165, 1.54) is 29.5 Å². The van der Waals surface area contributed by atoms with Gasteiger partial charge in [0.05, 0.1) is 36.3 Å². The minimum absolute atomic E-state index is 0.0398. The van der Waals surface area contributed by atoms with Crippen LogP contribution in [-0.4, -0.2) is 69.9 Å². The van der Waals surface area contributed by atoms with Gasteiger partial charge in [0.15, 0.2) is 5.82 Å². The number of benzene rings is 3. The van der Waals surface area contributed by atoms with Crippen molar-refractivity contribution in [3.63, 3.8) is 0 Å². The number of anilines is 3. The number of alkyl halides is 3. The lowest BCUT2D eigenvalue weighted by Gasteiger charge is -2.30. The first-order valence-electron chi connectivity index (χ1n) is 16.7. The largest absolute Gasteiger partial charge is 0.508 e. The van der Waals surface area contributed by atoms with Gasteiger partial charge in [-0.3, -0.25) is 4.79 Å². The quantitative estimate of drug-likeness (QED) is 0.140. The molecule has 0 radical (unpaired) electrons. The van der Waals surface area contributed by atoms with E-state index in [0.717, 1.165) is 38.6 Å². The number of hydrogen-bond donors (Lipinski definition) is 4. The SMILES string of the molecule is CC(C)c1cc(C(=O)N2CCc3c(sc4nc(-c5ccc(NC(=O)Nc6ccc(C(F)(F)F)cc6)cc5)nc(N5CCOCC5)c34)C2)c(O)cc1O. The molecule has 1 fully saturated rings. The van der Waals surface area contributed by atoms with Gasteiger partial charge in [-0.1, -0.05) is 13.8 Å². The van der Waals surface area contributed by atoms with Crippen molar-refractivity contribution in [3.8, 4) is 22.9 Å². The van der Waals surface area contributed by atoms with Crippen LogP contribution in [0.15, 0.2) is 60.7 Å². The van der Waals surface area contributed by atoms with Crippen LogP contribution in [0.3, 0.4) is 0 Å². The average molecular weight is 733 g/mol. The number of rotatable bonds is 6. The molecule has 52 heavy (non-hydrogen) atoms. The molecule has 5 aromatic rings. The molecule has 1 saturated heterocycles. The Hall–Kier alpha value is -5.41. The molecular weight excluding hydrogens is 698 g/mol. The number of carbonyl (C=O) groups is 2. The highest BCUT2D eigenvalue weighted by molar-refractivity contribution is 7.19. The lowest BCUT2D eigenvalue weighted by molar-refractivity contribution is -0.137. The molecule has 0 atom stereocenters. The summed E-state index contributed by atoms with van der Waals surface area (Å²) < 4.78 is 44.2. The van der Waals surface area contributed by atoms with Gasteiger partial charge in [-0.05, 0) is 78.1 Å². The number of phenols is 2. The molecule has 3 aromatic carbocycles. The first-order valence-corrected chi connectivity index (χ1v) is 17.5. The summed E-state index contributed by atoms with van der Waals surface area (Å²) in [6.45, 7) is 6.99. The van der Waals surface area contributed by atoms with E-state index in [-0.39, 0.29) is 34.6 Å². The highest BCUT2D eigenvalue weighted by atomic mass is 32.1. The number of fused-ring (bicyclic) bond motifs is 3. The summed E-state index contributed by atoms with van der Waals surface area (Å²) in [5.41, 5.74) is 2.40. The Morgan fingerprint density at radius 1 is 0.904 bits per heavy atom. The van der Waals surface area contributed by atoms with Gasteiger partial charge < -0.3 is 35.4 Å². The van der Waals surface area contributed by atoms with Gasteiger partial charge in [-0.2, -0.15) is 13.2 Å². The van der Waals surface area contributed by atoms with Crippen molar-refractivity contribution >= 4 is 50.7 Å². The van der Waals surface area contributed by atoms with Gasteiger partial charge in [0.1, 0.15) is 22.1 Å². The number of ether oxygens (including phenoxy) is 1. The zero-order valence-corrected chi connectivity index (χ0v) is 29.1. The summed E-state index contributed by atoms with van der Waals surface area (Å²) in [5.74, 6) is 0.604. The molecule has 3 amide bonds. The van der Waals surface area contributed by atoms with E-state index >= 15 is 0 Å². The lowest BCUT2D eigenvalue weighted by Crippen LogP contribution is -2.37. The van der Waals surface area contributed by atoms with Crippen molar-refractivity contribution in [2.75, 3.05) is 48.4 Å². The topological polar surface area (TPSA) is 140 Å². The normalized spacial score (nSPS) is 14.8. The van der Waals surface area contributed by atoms with Crippen LogP contribution in [0.25, 0.3) is 21.6 Å². The third-order valence-electron chi connectivity index (χ3n) is 9.15. The molecule has 2 aromatic heterocycles. The second-order valence-electron chi connectivity index (χ2n) is 12.9. The van der Waals surface area contributed by atoms with Gasteiger partial charge >= 0.3 is 12.2 Å². The number of carbonyl (C=O) groups excluding carboxylic acids is 2. The fourth-order valence-electron chi connectivity index (χ4n) is 6.42. The second-order valence-corrected chi connectivity index (χ2v) is 14.0. The number of thiophene rings is 1. The van der Waals surface area contributed by atoms with Crippen LogP contribution < -0.4 is 15.5 Å². The summed E-state index contributed by atoms with van der Waals surface area (Å²) in [5, 5.41) is 27.0. The molecule has 0 unspecified atom stereocenters. The maximum Gasteiger partial charge on any atom is 0.416 e. The van der Waals surface area contributed by atoms with E-state index in [4.69, 9.17) is 14.7 Å². The Labute approximate surface area is 300 Å². The molecule has 0 bridgehead atoms. The van der Waals surface area contributed by atoms with Crippen LogP contribution in [0.4, 0.5) is 35.2 Å². The molecule has 270 valence electrons. The number of hydrogen-bond acceptors (Lipinski definition) is 9. The molecule has 0 aliphatic carbocycles. The summed E-state index contributed by atoms with van der Waals surface area (Å²) in [6.07, 6.45) is -3.89. The molecule has 0 saturated carbocycles. The Morgan fingerprint density at radius 2 is 1.56 bits per heavy atom. The molecule has 4 N–H and O–H groups in total. The molecule has 2 aliphatic rings. The van der Waals surface area contributed by atoms with Gasteiger partial charge in [0.2, 0.25) is 0 Å². The van der Waals surface area contributed by atoms with Crippen LogP contribution in [0.5, 0.6) is 11.5 Å². The molecule has 2 aliphatic heterocycles. The van der Waals surface area contributed by atoms with Crippen LogP contribution in [-0.2, 0) is 23.9 Å². The number of halogens is 3. The zero-order valence-electron chi connectivity index (χ0n) is 28.3. The third-order valence-corrected chi connectivity index (χ3v) is 10.3. The van der Waals surface area contributed by atoms with Crippen molar-refractivity contribution in [2.24, 2.45) is 0 Å². The molecule has 0 spiro atoms. The van der Waals surface area contributed by atoms with E-state index in [2.05, 4.69) is 15.5 Å². The number of morpholine rings is 1. The molecule has 11 nitrogen and oxygen atoms in total. The third kappa shape index (κ3) is 7.05. The fraction of sp³-hybridized carbons (Fsp3) is 0.297. The van der Waals surface area contributed by atoms with Crippen LogP contribution >= 0.6 is 11.3 Å². The smallest absolute Gasteiger partial charge is 0.416 e. The van der Waals surface area contributed by atoms with Crippen molar-refractivity contribution in [1.29, 1.82) is 0 Å². The maximum absolute atomic E-state index is 13.7. The number of nitrogens with zero attached hydrogens (tertiary/aromatic N) is 4. The predicted octanol–water partition coefficient (Wildman–Crippen LogP) is 7.59. The first-order chi connectivity index (χ1) is 24.9. The Morgan fingerprint density at radius 3 is 2.19 bits per heavy atom. The van der Waals surface area contributed by atoms with Crippen molar-refractivity contribution in [3.05, 3.63) is 87.8 Å². The Kier molecular flexibility index (Phi) is 9.40. The van der Waals surface area contributed by atoms with Gasteiger partial charge in [0, 0.05) is 47.5 Å². The number of aromatic nitrogens is 2. The maximum atomic E-state index is 13.7. The van der Waals surface area contributed by atoms with Crippen LogP contribution in [0.1, 0.15) is 51.7 Å². The molecule has 15 heteroatoms. The zero-order chi connectivity index (χ0) is 36.7. The second kappa shape index (κ2) is 14.0. The lowest BCUT2D eigenvalue weighted by atomic mass is 9.97. The fourth-order valence-corrected chi connectivity index (χ4v) is 7.65. The van der Waals surface area contributed by atoms with Gasteiger partial charge in [-0.15, -0.1) is 11.3 Å². The number of nitrogens with one attached hydrogen (secondary N) is 2. The number of phenolic OH excluding ortho intramolecular Hbond substituents is 2. The average Bonchev–Trinajstić information content (AvgIpc) is 3.49. The number of amides is 3. The van der Waals surface area contributed by atoms with E-state index in [1.807, 2.05) is 13.8 Å². The van der Waals surface area contributed by atoms with E-state index in [1.54, 1.807) is 35.2 Å². The van der Waals surface area contributed by atoms with Gasteiger partial charge in [-0.25, -0.2) is 14.8 Å². The standard InChI is InChI=1S/C37H35F3N6O5S/c1-20(2)26-17-27(29(48)18-28(26)47)35(49)46-12-11-25-30(19-46)52-34-31(25)33(45-13-15-51-16-14-45)43-32(44-34)21-3-7-23(8-4-21)41-36(50)42-24-9-5-22(6-10-24)37(38,39)40/h3-10,17-18,20,47-48H,11-16,19H2,1-2H3,(H2,41,42,50). The summed E-state index contributed by atoms with van der Waals surface area (Å²) in [6, 6.07) is 13.3. The first kappa shape index (κ1) is 35.0. The van der Waals surface area contributed by atoms with Crippen LogP contribution in [0.2, 0.25) is 0 Å². The van der Waals surface area contributed by atoms with Gasteiger partial charge in [0.25, 0.3) is 5.91 Å². The monoisotopic (exact) mass is 732 g/mol. The minimum Gasteiger partial charge on any atom is -0.508 e. The molecule has 4 heterocycles. The van der Waals surface area contributed by atoms with Crippen molar-refractivity contribution < 1.29 is 37.7 Å². The van der Waals surface area contributed by atoms with Crippen molar-refractivity contribution in [1.82, 2.24) is 14.9 Å². The van der Waals surface area contributed by atoms with Crippen LogP contribution in [0, 0.1) is 0 Å². The number of aromatic hydroxyl groups is 2. The Bertz CT molecular complexity index is 2150.